The normalized spacial score (nSPS) is 13.7. The Labute approximate surface area is 418 Å². The van der Waals surface area contributed by atoms with Gasteiger partial charge in [0.05, 0.1) is 59.7 Å². The third kappa shape index (κ3) is 18.1. The number of aliphatic carboxylic acids is 2. The zero-order valence-corrected chi connectivity index (χ0v) is 42.1. The number of nitrogens with zero attached hydrogens (tertiary/aromatic N) is 6. The summed E-state index contributed by atoms with van der Waals surface area (Å²) in [6, 6.07) is 10.9. The SMILES string of the molecule is CC(C)c1nc(N(C)S(C)(=O)=O)nc(-c2ccc(F)cc2)c1/C=C/[C@@H](O)C[C@H](O)CC(=O)[O-].CC(C)c1nc(N(C)S(C)(=O)=O)nc(-c2ccc(F)cc2)c1/C=C/[C@@H](O)C[C@H](O)CC(=O)[O-].[Ca+2]. The molecule has 0 saturated carbocycles. The third-order valence-electron chi connectivity index (χ3n) is 9.62. The largest absolute Gasteiger partial charge is 2.00 e. The molecular formula is C44H54CaF2N6O12S2. The average Bonchev–Trinajstić information content (AvgIpc) is 3.20. The molecule has 0 aliphatic carbocycles. The maximum atomic E-state index is 13.5. The second kappa shape index (κ2) is 25.7. The second-order valence-corrected chi connectivity index (χ2v) is 19.9. The number of aliphatic hydroxyl groups is 4. The summed E-state index contributed by atoms with van der Waals surface area (Å²) >= 11 is 0. The number of carbonyl (C=O) groups excluding carboxylic acids is 2. The Balaban J connectivity index is 0.000000453. The standard InChI is InChI=1S/2C22H28FN3O6S.Ca/c2*1-13(2)20-18(10-9-16(27)11-17(28)12-19(29)30)21(14-5-7-15(23)8-6-14)25-22(24-20)26(3)33(4,31)32;/h2*5-10,13,16-17,27-28H,11-12H2,1-4H3,(H,29,30);/q;;+2/p-2/b2*10-9+;/t2*16-,17+;/m11./s1. The summed E-state index contributed by atoms with van der Waals surface area (Å²) in [4.78, 5) is 38.9. The van der Waals surface area contributed by atoms with Gasteiger partial charge in [-0.1, -0.05) is 52.0 Å². The minimum Gasteiger partial charge on any atom is -0.550 e. The average molecular weight is 1000 g/mol. The van der Waals surface area contributed by atoms with Gasteiger partial charge in [-0.05, 0) is 60.4 Å². The maximum Gasteiger partial charge on any atom is 2.00 e. The van der Waals surface area contributed by atoms with E-state index in [-0.39, 0.29) is 74.3 Å². The molecule has 0 amide bonds. The van der Waals surface area contributed by atoms with Crippen molar-refractivity contribution < 1.29 is 65.8 Å². The van der Waals surface area contributed by atoms with Gasteiger partial charge in [0, 0.05) is 74.0 Å². The van der Waals surface area contributed by atoms with Crippen molar-refractivity contribution in [3.63, 3.8) is 0 Å². The zero-order valence-electron chi connectivity index (χ0n) is 38.2. The predicted octanol–water partition coefficient (Wildman–Crippen LogP) is 1.75. The number of aliphatic hydroxyl groups excluding tert-OH is 4. The first-order valence-electron chi connectivity index (χ1n) is 20.3. The van der Waals surface area contributed by atoms with Crippen LogP contribution >= 0.6 is 0 Å². The molecule has 67 heavy (non-hydrogen) atoms. The summed E-state index contributed by atoms with van der Waals surface area (Å²) in [5.74, 6) is -4.28. The van der Waals surface area contributed by atoms with E-state index in [1.165, 1.54) is 86.9 Å². The van der Waals surface area contributed by atoms with Gasteiger partial charge >= 0.3 is 37.7 Å². The number of rotatable bonds is 20. The van der Waals surface area contributed by atoms with E-state index >= 15 is 0 Å². The first kappa shape index (κ1) is 58.6. The number of carboxylic acids is 2. The molecule has 2 aromatic carbocycles. The van der Waals surface area contributed by atoms with Crippen molar-refractivity contribution in [1.82, 2.24) is 19.9 Å². The number of sulfonamides is 2. The summed E-state index contributed by atoms with van der Waals surface area (Å²) in [5, 5.41) is 61.1. The first-order valence-corrected chi connectivity index (χ1v) is 24.0. The number of halogens is 2. The van der Waals surface area contributed by atoms with Gasteiger partial charge in [-0.25, -0.2) is 54.2 Å². The summed E-state index contributed by atoms with van der Waals surface area (Å²) in [5.41, 5.74) is 3.52. The molecule has 0 fully saturated rings. The molecule has 0 spiro atoms. The molecule has 360 valence electrons. The predicted molar refractivity (Wildman–Crippen MR) is 246 cm³/mol. The Morgan fingerprint density at radius 3 is 1.16 bits per heavy atom. The van der Waals surface area contributed by atoms with E-state index in [0.29, 0.717) is 45.0 Å². The van der Waals surface area contributed by atoms with Crippen LogP contribution in [0.25, 0.3) is 34.7 Å². The van der Waals surface area contributed by atoms with E-state index < -0.39 is 80.9 Å². The molecule has 0 saturated heterocycles. The topological polar surface area (TPSA) is 287 Å². The summed E-state index contributed by atoms with van der Waals surface area (Å²) in [6.45, 7) is 7.38. The summed E-state index contributed by atoms with van der Waals surface area (Å²) < 4.78 is 77.1. The van der Waals surface area contributed by atoms with Gasteiger partial charge < -0.3 is 40.2 Å². The molecule has 4 aromatic rings. The first-order chi connectivity index (χ1) is 30.6. The van der Waals surface area contributed by atoms with Crippen molar-refractivity contribution in [3.05, 3.63) is 94.8 Å². The quantitative estimate of drug-likeness (QED) is 0.0918. The maximum absolute atomic E-state index is 13.5. The van der Waals surface area contributed by atoms with E-state index in [4.69, 9.17) is 0 Å². The molecule has 2 heterocycles. The van der Waals surface area contributed by atoms with Crippen LogP contribution < -0.4 is 18.8 Å². The monoisotopic (exact) mass is 1000 g/mol. The number of aromatic nitrogens is 4. The van der Waals surface area contributed by atoms with Crippen LogP contribution in [-0.4, -0.2) is 158 Å². The molecule has 2 aromatic heterocycles. The van der Waals surface area contributed by atoms with Gasteiger partial charge in [-0.15, -0.1) is 0 Å². The smallest absolute Gasteiger partial charge is 0.550 e. The van der Waals surface area contributed by atoms with Crippen LogP contribution in [0.3, 0.4) is 0 Å². The number of hydrogen-bond acceptors (Lipinski definition) is 16. The molecule has 4 rings (SSSR count). The Morgan fingerprint density at radius 2 is 0.910 bits per heavy atom. The van der Waals surface area contributed by atoms with Crippen LogP contribution in [0.4, 0.5) is 20.7 Å². The molecule has 0 aliphatic rings. The van der Waals surface area contributed by atoms with E-state index in [0.717, 1.165) is 21.1 Å². The molecule has 0 radical (unpaired) electrons. The van der Waals surface area contributed by atoms with E-state index in [1.807, 2.05) is 27.7 Å². The minimum absolute atomic E-state index is 0. The summed E-state index contributed by atoms with van der Waals surface area (Å²) in [7, 11) is -4.67. The Kier molecular flexibility index (Phi) is 22.5. The van der Waals surface area contributed by atoms with Crippen molar-refractivity contribution in [2.45, 2.75) is 89.6 Å². The zero-order chi connectivity index (χ0) is 49.8. The van der Waals surface area contributed by atoms with Crippen LogP contribution in [0.1, 0.15) is 87.7 Å². The van der Waals surface area contributed by atoms with Crippen molar-refractivity contribution in [3.8, 4) is 22.5 Å². The molecule has 0 aliphatic heterocycles. The van der Waals surface area contributed by atoms with Crippen molar-refractivity contribution >= 4 is 93.8 Å². The van der Waals surface area contributed by atoms with Crippen molar-refractivity contribution in [2.24, 2.45) is 0 Å². The molecule has 4 N–H and O–H groups in total. The fraction of sp³-hybridized carbons (Fsp3) is 0.409. The van der Waals surface area contributed by atoms with Crippen LogP contribution in [0.2, 0.25) is 0 Å². The second-order valence-electron chi connectivity index (χ2n) is 15.9. The van der Waals surface area contributed by atoms with Gasteiger partial charge in [0.1, 0.15) is 11.6 Å². The number of anilines is 2. The molecule has 0 unspecified atom stereocenters. The molecular weight excluding hydrogens is 947 g/mol. The number of hydrogen-bond donors (Lipinski definition) is 4. The van der Waals surface area contributed by atoms with Crippen LogP contribution in [0, 0.1) is 11.6 Å². The molecule has 23 heteroatoms. The van der Waals surface area contributed by atoms with Crippen molar-refractivity contribution in [2.75, 3.05) is 35.2 Å². The van der Waals surface area contributed by atoms with Gasteiger partial charge in [-0.3, -0.25) is 0 Å². The summed E-state index contributed by atoms with van der Waals surface area (Å²) in [6.07, 6.45) is 1.16. The van der Waals surface area contributed by atoms with Crippen LogP contribution in [0.5, 0.6) is 0 Å². The van der Waals surface area contributed by atoms with Gasteiger partial charge in [-0.2, -0.15) is 0 Å². The van der Waals surface area contributed by atoms with Crippen LogP contribution in [-0.2, 0) is 29.6 Å². The number of carbonyl (C=O) groups is 2. The Hall–Kier alpha value is -4.52. The number of benzene rings is 2. The minimum atomic E-state index is -3.66. The van der Waals surface area contributed by atoms with Crippen LogP contribution in [0.15, 0.2) is 60.7 Å². The van der Waals surface area contributed by atoms with Gasteiger partial charge in [0.15, 0.2) is 0 Å². The van der Waals surface area contributed by atoms with Gasteiger partial charge in [0.25, 0.3) is 0 Å². The van der Waals surface area contributed by atoms with E-state index in [2.05, 4.69) is 19.9 Å². The third-order valence-corrected chi connectivity index (χ3v) is 11.9. The fourth-order valence-electron chi connectivity index (χ4n) is 6.07. The number of carboxylic acid groups (broad SMARTS) is 2. The van der Waals surface area contributed by atoms with E-state index in [1.54, 1.807) is 0 Å². The van der Waals surface area contributed by atoms with E-state index in [9.17, 15) is 65.8 Å². The molecule has 18 nitrogen and oxygen atoms in total. The van der Waals surface area contributed by atoms with Gasteiger partial charge in [0.2, 0.25) is 31.9 Å². The Bertz CT molecular complexity index is 2430. The Morgan fingerprint density at radius 1 is 0.612 bits per heavy atom. The molecule has 4 atom stereocenters. The van der Waals surface area contributed by atoms with Crippen molar-refractivity contribution in [1.29, 1.82) is 0 Å². The molecule has 0 bridgehead atoms. The fourth-order valence-corrected chi connectivity index (χ4v) is 6.83.